The lowest BCUT2D eigenvalue weighted by molar-refractivity contribution is 0.554. The van der Waals surface area contributed by atoms with Gasteiger partial charge >= 0.3 is 0 Å². The van der Waals surface area contributed by atoms with Crippen molar-refractivity contribution in [1.82, 2.24) is 4.72 Å². The van der Waals surface area contributed by atoms with Gasteiger partial charge in [-0.05, 0) is 13.3 Å². The Balaban J connectivity index is 3.14. The largest absolute Gasteiger partial charge is 0.215 e. The van der Waals surface area contributed by atoms with Crippen molar-refractivity contribution in [3.05, 3.63) is 0 Å². The topological polar surface area (TPSA) is 46.2 Å². The average Bonchev–Trinajstić information content (AvgIpc) is 2.31. The second kappa shape index (κ2) is 11.0. The highest BCUT2D eigenvalue weighted by atomic mass is 32.2. The summed E-state index contributed by atoms with van der Waals surface area (Å²) in [6.07, 6.45) is 11.4. The molecule has 4 heteroatoms. The predicted octanol–water partition coefficient (Wildman–Crippen LogP) is 3.46. The first-order chi connectivity index (χ1) is 8.12. The van der Waals surface area contributed by atoms with E-state index in [1.165, 1.54) is 44.9 Å². The highest BCUT2D eigenvalue weighted by Crippen LogP contribution is 2.09. The van der Waals surface area contributed by atoms with E-state index in [9.17, 15) is 8.42 Å². The number of unbranched alkanes of at least 4 members (excludes halogenated alkanes) is 8. The normalized spacial score (nSPS) is 11.9. The molecule has 0 amide bonds. The number of rotatable bonds is 12. The van der Waals surface area contributed by atoms with Crippen LogP contribution in [0, 0.1) is 0 Å². The zero-order valence-electron chi connectivity index (χ0n) is 11.5. The Bertz CT molecular complexity index is 250. The molecule has 0 radical (unpaired) electrons. The van der Waals surface area contributed by atoms with Gasteiger partial charge < -0.3 is 0 Å². The van der Waals surface area contributed by atoms with E-state index in [0.717, 1.165) is 12.8 Å². The van der Waals surface area contributed by atoms with E-state index in [2.05, 4.69) is 11.6 Å². The van der Waals surface area contributed by atoms with Crippen molar-refractivity contribution < 1.29 is 8.42 Å². The maximum Gasteiger partial charge on any atom is 0.211 e. The molecule has 0 rings (SSSR count). The molecule has 0 heterocycles. The number of nitrogens with one attached hydrogen (secondary N) is 1. The van der Waals surface area contributed by atoms with Gasteiger partial charge in [-0.25, -0.2) is 13.1 Å². The molecule has 0 aliphatic rings. The molecule has 104 valence electrons. The summed E-state index contributed by atoms with van der Waals surface area (Å²) in [6, 6.07) is 0. The average molecular weight is 263 g/mol. The lowest BCUT2D eigenvalue weighted by atomic mass is 10.1. The van der Waals surface area contributed by atoms with Gasteiger partial charge in [0.2, 0.25) is 10.0 Å². The van der Waals surface area contributed by atoms with E-state index in [0.29, 0.717) is 6.54 Å². The van der Waals surface area contributed by atoms with E-state index in [1.807, 2.05) is 0 Å². The standard InChI is InChI=1S/C13H29NO2S/c1-3-5-6-7-8-9-10-11-12-13-14-17(15,16)4-2/h14H,3-13H2,1-2H3. The molecule has 0 aliphatic carbocycles. The van der Waals surface area contributed by atoms with Gasteiger partial charge in [0.25, 0.3) is 0 Å². The first kappa shape index (κ1) is 16.9. The molecular formula is C13H29NO2S. The van der Waals surface area contributed by atoms with Crippen LogP contribution in [0.3, 0.4) is 0 Å². The van der Waals surface area contributed by atoms with Crippen LogP contribution in [0.2, 0.25) is 0 Å². The maximum atomic E-state index is 11.1. The van der Waals surface area contributed by atoms with Crippen LogP contribution in [-0.4, -0.2) is 20.7 Å². The van der Waals surface area contributed by atoms with Crippen LogP contribution in [0.1, 0.15) is 71.6 Å². The van der Waals surface area contributed by atoms with Gasteiger partial charge in [-0.2, -0.15) is 0 Å². The van der Waals surface area contributed by atoms with Crippen LogP contribution in [0.5, 0.6) is 0 Å². The number of hydrogen-bond acceptors (Lipinski definition) is 2. The fourth-order valence-corrected chi connectivity index (χ4v) is 2.42. The van der Waals surface area contributed by atoms with Gasteiger partial charge in [0.15, 0.2) is 0 Å². The summed E-state index contributed by atoms with van der Waals surface area (Å²) in [5.74, 6) is 0.185. The SMILES string of the molecule is CCCCCCCCCCCNS(=O)(=O)CC. The zero-order valence-corrected chi connectivity index (χ0v) is 12.3. The summed E-state index contributed by atoms with van der Waals surface area (Å²) in [5.41, 5.74) is 0. The molecule has 0 aromatic heterocycles. The second-order valence-corrected chi connectivity index (χ2v) is 6.72. The van der Waals surface area contributed by atoms with Crippen molar-refractivity contribution in [3.8, 4) is 0 Å². The molecule has 1 N–H and O–H groups in total. The van der Waals surface area contributed by atoms with E-state index in [1.54, 1.807) is 6.92 Å². The molecular weight excluding hydrogens is 234 g/mol. The Morgan fingerprint density at radius 1 is 0.765 bits per heavy atom. The van der Waals surface area contributed by atoms with Crippen molar-refractivity contribution >= 4 is 10.0 Å². The van der Waals surface area contributed by atoms with Crippen LogP contribution >= 0.6 is 0 Å². The number of sulfonamides is 1. The van der Waals surface area contributed by atoms with Crippen LogP contribution in [0.4, 0.5) is 0 Å². The minimum Gasteiger partial charge on any atom is -0.215 e. The molecule has 0 saturated heterocycles. The van der Waals surface area contributed by atoms with E-state index in [4.69, 9.17) is 0 Å². The van der Waals surface area contributed by atoms with Gasteiger partial charge in [-0.1, -0.05) is 58.3 Å². The molecule has 0 aromatic rings. The summed E-state index contributed by atoms with van der Waals surface area (Å²) in [5, 5.41) is 0. The minimum absolute atomic E-state index is 0.185. The molecule has 0 unspecified atom stereocenters. The van der Waals surface area contributed by atoms with Gasteiger partial charge in [0, 0.05) is 6.54 Å². The lowest BCUT2D eigenvalue weighted by Gasteiger charge is -2.04. The fraction of sp³-hybridized carbons (Fsp3) is 1.00. The summed E-state index contributed by atoms with van der Waals surface area (Å²) in [4.78, 5) is 0. The lowest BCUT2D eigenvalue weighted by Crippen LogP contribution is -2.26. The smallest absolute Gasteiger partial charge is 0.211 e. The predicted molar refractivity (Wildman–Crippen MR) is 74.7 cm³/mol. The summed E-state index contributed by atoms with van der Waals surface area (Å²) < 4.78 is 24.8. The zero-order chi connectivity index (χ0) is 13.0. The van der Waals surface area contributed by atoms with Gasteiger partial charge in [-0.15, -0.1) is 0 Å². The second-order valence-electron chi connectivity index (χ2n) is 4.63. The van der Waals surface area contributed by atoms with Crippen LogP contribution < -0.4 is 4.72 Å². The third kappa shape index (κ3) is 12.2. The molecule has 0 fully saturated rings. The quantitative estimate of drug-likeness (QED) is 0.548. The van der Waals surface area contributed by atoms with Crippen molar-refractivity contribution in [2.24, 2.45) is 0 Å². The molecule has 0 saturated carbocycles. The van der Waals surface area contributed by atoms with E-state index >= 15 is 0 Å². The van der Waals surface area contributed by atoms with Crippen molar-refractivity contribution in [1.29, 1.82) is 0 Å². The Hall–Kier alpha value is -0.0900. The Morgan fingerprint density at radius 3 is 1.71 bits per heavy atom. The van der Waals surface area contributed by atoms with E-state index < -0.39 is 10.0 Å². The summed E-state index contributed by atoms with van der Waals surface area (Å²) >= 11 is 0. The third-order valence-electron chi connectivity index (χ3n) is 2.98. The van der Waals surface area contributed by atoms with Gasteiger partial charge in [-0.3, -0.25) is 0 Å². The molecule has 0 spiro atoms. The molecule has 3 nitrogen and oxygen atoms in total. The first-order valence-electron chi connectivity index (χ1n) is 7.09. The van der Waals surface area contributed by atoms with E-state index in [-0.39, 0.29) is 5.75 Å². The first-order valence-corrected chi connectivity index (χ1v) is 8.75. The van der Waals surface area contributed by atoms with Crippen LogP contribution in [0.25, 0.3) is 0 Å². The van der Waals surface area contributed by atoms with Crippen molar-refractivity contribution in [2.45, 2.75) is 71.6 Å². The molecule has 0 bridgehead atoms. The van der Waals surface area contributed by atoms with Gasteiger partial charge in [0.1, 0.15) is 0 Å². The van der Waals surface area contributed by atoms with Crippen molar-refractivity contribution in [2.75, 3.05) is 12.3 Å². The Labute approximate surface area is 107 Å². The summed E-state index contributed by atoms with van der Waals surface area (Å²) in [7, 11) is -2.98. The van der Waals surface area contributed by atoms with Crippen LogP contribution in [0.15, 0.2) is 0 Å². The minimum atomic E-state index is -2.98. The van der Waals surface area contributed by atoms with Crippen LogP contribution in [-0.2, 0) is 10.0 Å². The van der Waals surface area contributed by atoms with Crippen molar-refractivity contribution in [3.63, 3.8) is 0 Å². The highest BCUT2D eigenvalue weighted by molar-refractivity contribution is 7.89. The highest BCUT2D eigenvalue weighted by Gasteiger charge is 2.03. The third-order valence-corrected chi connectivity index (χ3v) is 4.39. The maximum absolute atomic E-state index is 11.1. The Morgan fingerprint density at radius 2 is 1.24 bits per heavy atom. The summed E-state index contributed by atoms with van der Waals surface area (Å²) in [6.45, 7) is 4.50. The molecule has 0 aromatic carbocycles. The van der Waals surface area contributed by atoms with Gasteiger partial charge in [0.05, 0.1) is 5.75 Å². The fourth-order valence-electron chi connectivity index (χ4n) is 1.77. The number of hydrogen-bond donors (Lipinski definition) is 1. The monoisotopic (exact) mass is 263 g/mol. The molecule has 0 aliphatic heterocycles. The Kier molecular flexibility index (Phi) is 11.0. The molecule has 17 heavy (non-hydrogen) atoms. The molecule has 0 atom stereocenters.